The Morgan fingerprint density at radius 1 is 1.29 bits per heavy atom. The average Bonchev–Trinajstić information content (AvgIpc) is 2.61. The Balaban J connectivity index is 2.46. The van der Waals surface area contributed by atoms with E-state index in [1.54, 1.807) is 11.3 Å². The van der Waals surface area contributed by atoms with E-state index >= 15 is 0 Å². The van der Waals surface area contributed by atoms with Gasteiger partial charge in [0.1, 0.15) is 5.01 Å². The van der Waals surface area contributed by atoms with Gasteiger partial charge in [-0.15, -0.1) is 22.9 Å². The van der Waals surface area contributed by atoms with Crippen molar-refractivity contribution in [2.75, 3.05) is 0 Å². The number of aromatic nitrogens is 1. The van der Waals surface area contributed by atoms with Gasteiger partial charge in [-0.1, -0.05) is 30.3 Å². The lowest BCUT2D eigenvalue weighted by Crippen LogP contribution is -1.80. The van der Waals surface area contributed by atoms with E-state index in [-0.39, 0.29) is 0 Å². The molecule has 72 valence electrons. The Morgan fingerprint density at radius 2 is 2.00 bits per heavy atom. The zero-order chi connectivity index (χ0) is 9.97. The SMILES string of the molecule is Cc1sc(CCl)nc1-c1ccccc1. The largest absolute Gasteiger partial charge is 0.240 e. The van der Waals surface area contributed by atoms with Crippen molar-refractivity contribution in [1.29, 1.82) is 0 Å². The average molecular weight is 224 g/mol. The first-order valence-corrected chi connectivity index (χ1v) is 5.74. The molecule has 0 saturated carbocycles. The minimum atomic E-state index is 0.498. The molecule has 0 N–H and O–H groups in total. The van der Waals surface area contributed by atoms with Crippen LogP contribution in [0.5, 0.6) is 0 Å². The first kappa shape index (κ1) is 9.69. The van der Waals surface area contributed by atoms with Crippen LogP contribution in [0.15, 0.2) is 30.3 Å². The van der Waals surface area contributed by atoms with Crippen LogP contribution in [-0.4, -0.2) is 4.98 Å². The molecule has 2 rings (SSSR count). The van der Waals surface area contributed by atoms with Gasteiger partial charge in [0.25, 0.3) is 0 Å². The highest BCUT2D eigenvalue weighted by Gasteiger charge is 2.07. The second-order valence-electron chi connectivity index (χ2n) is 3.01. The Labute approximate surface area is 92.4 Å². The molecule has 0 amide bonds. The minimum absolute atomic E-state index is 0.498. The predicted molar refractivity (Wildman–Crippen MR) is 61.8 cm³/mol. The molecule has 0 atom stereocenters. The molecule has 1 nitrogen and oxygen atoms in total. The number of halogens is 1. The molecule has 1 aromatic carbocycles. The molecule has 0 aliphatic rings. The Hall–Kier alpha value is -0.860. The van der Waals surface area contributed by atoms with Crippen molar-refractivity contribution >= 4 is 22.9 Å². The van der Waals surface area contributed by atoms with Crippen molar-refractivity contribution in [3.63, 3.8) is 0 Å². The van der Waals surface area contributed by atoms with E-state index in [0.717, 1.165) is 16.3 Å². The maximum absolute atomic E-state index is 5.75. The molecule has 14 heavy (non-hydrogen) atoms. The molecular weight excluding hydrogens is 214 g/mol. The first-order valence-electron chi connectivity index (χ1n) is 4.39. The van der Waals surface area contributed by atoms with Gasteiger partial charge in [-0.3, -0.25) is 0 Å². The number of thiazole rings is 1. The Kier molecular flexibility index (Phi) is 2.85. The van der Waals surface area contributed by atoms with E-state index in [4.69, 9.17) is 11.6 Å². The lowest BCUT2D eigenvalue weighted by molar-refractivity contribution is 1.25. The summed E-state index contributed by atoms with van der Waals surface area (Å²) >= 11 is 7.41. The number of rotatable bonds is 2. The zero-order valence-corrected chi connectivity index (χ0v) is 9.40. The van der Waals surface area contributed by atoms with Gasteiger partial charge < -0.3 is 0 Å². The van der Waals surface area contributed by atoms with E-state index in [1.165, 1.54) is 4.88 Å². The number of hydrogen-bond donors (Lipinski definition) is 0. The summed E-state index contributed by atoms with van der Waals surface area (Å²) in [5, 5.41) is 0.989. The molecule has 0 spiro atoms. The van der Waals surface area contributed by atoms with Crippen molar-refractivity contribution in [2.45, 2.75) is 12.8 Å². The highest BCUT2D eigenvalue weighted by atomic mass is 35.5. The molecule has 1 heterocycles. The topological polar surface area (TPSA) is 12.9 Å². The number of alkyl halides is 1. The maximum atomic E-state index is 5.75. The predicted octanol–water partition coefficient (Wildman–Crippen LogP) is 3.86. The van der Waals surface area contributed by atoms with Gasteiger partial charge in [0.2, 0.25) is 0 Å². The summed E-state index contributed by atoms with van der Waals surface area (Å²) < 4.78 is 0. The summed E-state index contributed by atoms with van der Waals surface area (Å²) in [6, 6.07) is 10.2. The van der Waals surface area contributed by atoms with Crippen LogP contribution in [0.25, 0.3) is 11.3 Å². The van der Waals surface area contributed by atoms with Crippen LogP contribution in [0.3, 0.4) is 0 Å². The number of nitrogens with zero attached hydrogens (tertiary/aromatic N) is 1. The highest BCUT2D eigenvalue weighted by molar-refractivity contribution is 7.12. The quantitative estimate of drug-likeness (QED) is 0.705. The van der Waals surface area contributed by atoms with Crippen molar-refractivity contribution in [1.82, 2.24) is 4.98 Å². The summed E-state index contributed by atoms with van der Waals surface area (Å²) in [5.74, 6) is 0.498. The third kappa shape index (κ3) is 1.81. The van der Waals surface area contributed by atoms with Crippen LogP contribution in [0.1, 0.15) is 9.88 Å². The van der Waals surface area contributed by atoms with Gasteiger partial charge in [0.05, 0.1) is 11.6 Å². The fraction of sp³-hybridized carbons (Fsp3) is 0.182. The van der Waals surface area contributed by atoms with Crippen LogP contribution in [0.2, 0.25) is 0 Å². The molecule has 2 aromatic rings. The highest BCUT2D eigenvalue weighted by Crippen LogP contribution is 2.27. The summed E-state index contributed by atoms with van der Waals surface area (Å²) in [6.07, 6.45) is 0. The van der Waals surface area contributed by atoms with Gasteiger partial charge >= 0.3 is 0 Å². The zero-order valence-electron chi connectivity index (χ0n) is 7.83. The smallest absolute Gasteiger partial charge is 0.108 e. The van der Waals surface area contributed by atoms with E-state index in [9.17, 15) is 0 Å². The molecule has 0 bridgehead atoms. The first-order chi connectivity index (χ1) is 6.81. The van der Waals surface area contributed by atoms with Crippen molar-refractivity contribution in [3.05, 3.63) is 40.2 Å². The van der Waals surface area contributed by atoms with Crippen molar-refractivity contribution in [3.8, 4) is 11.3 Å². The molecule has 0 unspecified atom stereocenters. The number of aryl methyl sites for hydroxylation is 1. The third-order valence-electron chi connectivity index (χ3n) is 2.00. The van der Waals surface area contributed by atoms with E-state index in [0.29, 0.717) is 5.88 Å². The van der Waals surface area contributed by atoms with Crippen LogP contribution in [0, 0.1) is 6.92 Å². The minimum Gasteiger partial charge on any atom is -0.240 e. The number of hydrogen-bond acceptors (Lipinski definition) is 2. The molecule has 0 aliphatic heterocycles. The van der Waals surface area contributed by atoms with Gasteiger partial charge in [-0.25, -0.2) is 4.98 Å². The molecule has 3 heteroatoms. The summed E-state index contributed by atoms with van der Waals surface area (Å²) in [7, 11) is 0. The molecular formula is C11H10ClNS. The molecule has 0 saturated heterocycles. The standard InChI is InChI=1S/C11H10ClNS/c1-8-11(13-10(7-12)14-8)9-5-3-2-4-6-9/h2-6H,7H2,1H3. The fourth-order valence-corrected chi connectivity index (χ4v) is 2.40. The van der Waals surface area contributed by atoms with E-state index < -0.39 is 0 Å². The van der Waals surface area contributed by atoms with Crippen molar-refractivity contribution in [2.24, 2.45) is 0 Å². The fourth-order valence-electron chi connectivity index (χ4n) is 1.37. The summed E-state index contributed by atoms with van der Waals surface area (Å²) in [5.41, 5.74) is 2.23. The molecule has 0 radical (unpaired) electrons. The van der Waals surface area contributed by atoms with Crippen LogP contribution < -0.4 is 0 Å². The second kappa shape index (κ2) is 4.11. The monoisotopic (exact) mass is 223 g/mol. The molecule has 0 fully saturated rings. The van der Waals surface area contributed by atoms with Crippen molar-refractivity contribution < 1.29 is 0 Å². The van der Waals surface area contributed by atoms with Crippen LogP contribution in [-0.2, 0) is 5.88 Å². The molecule has 0 aliphatic carbocycles. The number of benzene rings is 1. The van der Waals surface area contributed by atoms with Gasteiger partial charge in [-0.2, -0.15) is 0 Å². The van der Waals surface area contributed by atoms with E-state index in [2.05, 4.69) is 24.0 Å². The van der Waals surface area contributed by atoms with E-state index in [1.807, 2.05) is 18.2 Å². The summed E-state index contributed by atoms with van der Waals surface area (Å²) in [4.78, 5) is 5.71. The Bertz CT molecular complexity index is 422. The normalized spacial score (nSPS) is 10.4. The van der Waals surface area contributed by atoms with Crippen LogP contribution >= 0.6 is 22.9 Å². The van der Waals surface area contributed by atoms with Crippen LogP contribution in [0.4, 0.5) is 0 Å². The summed E-state index contributed by atoms with van der Waals surface area (Å²) in [6.45, 7) is 2.08. The maximum Gasteiger partial charge on any atom is 0.108 e. The lowest BCUT2D eigenvalue weighted by atomic mass is 10.1. The Morgan fingerprint density at radius 3 is 2.57 bits per heavy atom. The third-order valence-corrected chi connectivity index (χ3v) is 3.38. The molecule has 1 aromatic heterocycles. The van der Waals surface area contributed by atoms with Gasteiger partial charge in [0.15, 0.2) is 0 Å². The van der Waals surface area contributed by atoms with Gasteiger partial charge in [0, 0.05) is 10.4 Å². The second-order valence-corrected chi connectivity index (χ2v) is 4.57. The lowest BCUT2D eigenvalue weighted by Gasteiger charge is -1.96. The van der Waals surface area contributed by atoms with Gasteiger partial charge in [-0.05, 0) is 6.92 Å².